The minimum atomic E-state index is -4.61. The maximum atomic E-state index is 13.0. The molecule has 0 aliphatic rings. The molecule has 1 heterocycles. The Kier molecular flexibility index (Phi) is 7.45. The summed E-state index contributed by atoms with van der Waals surface area (Å²) in [6, 6.07) is 8.43. The summed E-state index contributed by atoms with van der Waals surface area (Å²) in [6.07, 6.45) is -4.61. The highest BCUT2D eigenvalue weighted by atomic mass is 32.2. The lowest BCUT2D eigenvalue weighted by molar-refractivity contribution is -0.137. The Morgan fingerprint density at radius 2 is 1.93 bits per heavy atom. The van der Waals surface area contributed by atoms with Crippen LogP contribution in [0.25, 0.3) is 0 Å². The van der Waals surface area contributed by atoms with Crippen LogP contribution in [0.1, 0.15) is 22.4 Å². The van der Waals surface area contributed by atoms with Crippen molar-refractivity contribution in [2.45, 2.75) is 25.0 Å². The van der Waals surface area contributed by atoms with Gasteiger partial charge in [0, 0.05) is 12.7 Å². The van der Waals surface area contributed by atoms with Gasteiger partial charge in [-0.2, -0.15) is 18.4 Å². The van der Waals surface area contributed by atoms with E-state index in [4.69, 9.17) is 0 Å². The van der Waals surface area contributed by atoms with Crippen LogP contribution in [0, 0.1) is 25.2 Å². The Morgan fingerprint density at radius 1 is 1.27 bits per heavy atom. The molecule has 1 aromatic carbocycles. The van der Waals surface area contributed by atoms with Crippen molar-refractivity contribution >= 4 is 29.3 Å². The average Bonchev–Trinajstić information content (AvgIpc) is 2.65. The number of hydrogen-bond donors (Lipinski definition) is 1. The van der Waals surface area contributed by atoms with Gasteiger partial charge in [-0.1, -0.05) is 23.9 Å². The number of anilines is 1. The van der Waals surface area contributed by atoms with Crippen molar-refractivity contribution in [3.8, 4) is 6.07 Å². The van der Waals surface area contributed by atoms with E-state index >= 15 is 0 Å². The fourth-order valence-corrected chi connectivity index (χ4v) is 3.66. The molecule has 30 heavy (non-hydrogen) atoms. The van der Waals surface area contributed by atoms with Gasteiger partial charge in [-0.25, -0.2) is 4.98 Å². The Morgan fingerprint density at radius 3 is 2.57 bits per heavy atom. The molecule has 158 valence electrons. The molecule has 10 heteroatoms. The van der Waals surface area contributed by atoms with E-state index in [1.165, 1.54) is 19.2 Å². The van der Waals surface area contributed by atoms with Gasteiger partial charge in [-0.3, -0.25) is 9.59 Å². The van der Waals surface area contributed by atoms with E-state index in [9.17, 15) is 28.0 Å². The summed E-state index contributed by atoms with van der Waals surface area (Å²) in [5.41, 5.74) is 0.493. The molecule has 0 aliphatic carbocycles. The van der Waals surface area contributed by atoms with E-state index < -0.39 is 30.1 Å². The number of nitrogens with zero attached hydrogens (tertiary/aromatic N) is 3. The third-order valence-corrected chi connectivity index (χ3v) is 5.03. The van der Waals surface area contributed by atoms with Crippen LogP contribution in [0.2, 0.25) is 0 Å². The van der Waals surface area contributed by atoms with Crippen LogP contribution in [0.3, 0.4) is 0 Å². The number of hydrogen-bond acceptors (Lipinski definition) is 5. The molecule has 0 saturated heterocycles. The first kappa shape index (κ1) is 23.2. The SMILES string of the molecule is Cc1cc(C)c(C#N)c(SCC(=O)N(C)CC(=O)Nc2ccccc2C(F)(F)F)n1. The van der Waals surface area contributed by atoms with Crippen LogP contribution in [0.5, 0.6) is 0 Å². The molecule has 0 atom stereocenters. The molecule has 0 bridgehead atoms. The fourth-order valence-electron chi connectivity index (χ4n) is 2.62. The minimum absolute atomic E-state index is 0.0759. The maximum absolute atomic E-state index is 13.0. The van der Waals surface area contributed by atoms with Gasteiger partial charge in [0.05, 0.1) is 29.1 Å². The largest absolute Gasteiger partial charge is 0.418 e. The zero-order valence-corrected chi connectivity index (χ0v) is 17.3. The first-order valence-electron chi connectivity index (χ1n) is 8.74. The first-order chi connectivity index (χ1) is 14.0. The Balaban J connectivity index is 1.99. The van der Waals surface area contributed by atoms with Gasteiger partial charge in [0.2, 0.25) is 11.8 Å². The highest BCUT2D eigenvalue weighted by molar-refractivity contribution is 8.00. The van der Waals surface area contributed by atoms with Crippen LogP contribution < -0.4 is 5.32 Å². The van der Waals surface area contributed by atoms with Gasteiger partial charge in [-0.15, -0.1) is 0 Å². The van der Waals surface area contributed by atoms with E-state index in [-0.39, 0.29) is 11.4 Å². The number of likely N-dealkylation sites (N-methyl/N-ethyl adjacent to an activating group) is 1. The summed E-state index contributed by atoms with van der Waals surface area (Å²) < 4.78 is 39.1. The number of rotatable bonds is 6. The predicted molar refractivity (Wildman–Crippen MR) is 107 cm³/mol. The molecule has 0 radical (unpaired) electrons. The number of carbonyl (C=O) groups excluding carboxylic acids is 2. The molecule has 2 rings (SSSR count). The molecule has 0 fully saturated rings. The molecule has 0 saturated carbocycles. The lowest BCUT2D eigenvalue weighted by Gasteiger charge is -2.18. The van der Waals surface area contributed by atoms with Gasteiger partial charge in [-0.05, 0) is 37.6 Å². The summed E-state index contributed by atoms with van der Waals surface area (Å²) >= 11 is 1.07. The second-order valence-electron chi connectivity index (χ2n) is 6.50. The van der Waals surface area contributed by atoms with Crippen molar-refractivity contribution in [1.29, 1.82) is 5.26 Å². The van der Waals surface area contributed by atoms with Crippen LogP contribution in [-0.4, -0.2) is 41.0 Å². The number of thioether (sulfide) groups is 1. The predicted octanol–water partition coefficient (Wildman–Crippen LogP) is 3.78. The monoisotopic (exact) mass is 436 g/mol. The number of nitriles is 1. The number of nitrogens with one attached hydrogen (secondary N) is 1. The maximum Gasteiger partial charge on any atom is 0.418 e. The second kappa shape index (κ2) is 9.63. The van der Waals surface area contributed by atoms with Crippen LogP contribution in [0.15, 0.2) is 35.4 Å². The lowest BCUT2D eigenvalue weighted by atomic mass is 10.1. The van der Waals surface area contributed by atoms with Crippen LogP contribution in [0.4, 0.5) is 18.9 Å². The molecular weight excluding hydrogens is 417 g/mol. The standard InChI is InChI=1S/C20H19F3N4O2S/c1-12-8-13(2)25-19(14(12)9-24)30-11-18(29)27(3)10-17(28)26-16-7-5-4-6-15(16)20(21,22)23/h4-8H,10-11H2,1-3H3,(H,26,28). The third-order valence-electron chi connectivity index (χ3n) is 4.07. The number of benzene rings is 1. The van der Waals surface area contributed by atoms with Crippen molar-refractivity contribution in [3.63, 3.8) is 0 Å². The smallest absolute Gasteiger partial charge is 0.336 e. The van der Waals surface area contributed by atoms with E-state index in [0.717, 1.165) is 34.4 Å². The molecule has 6 nitrogen and oxygen atoms in total. The number of pyridine rings is 1. The number of amides is 2. The quantitative estimate of drug-likeness (QED) is 0.697. The molecule has 1 aromatic heterocycles. The summed E-state index contributed by atoms with van der Waals surface area (Å²) in [5, 5.41) is 11.9. The molecule has 2 amide bonds. The summed E-state index contributed by atoms with van der Waals surface area (Å²) in [6.45, 7) is 3.13. The molecule has 2 aromatic rings. The average molecular weight is 436 g/mol. The third kappa shape index (κ3) is 5.97. The summed E-state index contributed by atoms with van der Waals surface area (Å²) in [7, 11) is 1.37. The van der Waals surface area contributed by atoms with E-state index in [0.29, 0.717) is 16.3 Å². The van der Waals surface area contributed by atoms with Crippen molar-refractivity contribution < 1.29 is 22.8 Å². The van der Waals surface area contributed by atoms with Gasteiger partial charge in [0.25, 0.3) is 0 Å². The minimum Gasteiger partial charge on any atom is -0.336 e. The van der Waals surface area contributed by atoms with Gasteiger partial charge >= 0.3 is 6.18 Å². The highest BCUT2D eigenvalue weighted by Gasteiger charge is 2.33. The van der Waals surface area contributed by atoms with E-state index in [1.807, 2.05) is 0 Å². The number of halogens is 3. The molecule has 1 N–H and O–H groups in total. The summed E-state index contributed by atoms with van der Waals surface area (Å²) in [5.74, 6) is -1.26. The zero-order valence-electron chi connectivity index (χ0n) is 16.5. The van der Waals surface area contributed by atoms with Gasteiger partial charge < -0.3 is 10.2 Å². The number of alkyl halides is 3. The molecule has 0 unspecified atom stereocenters. The van der Waals surface area contributed by atoms with E-state index in [1.54, 1.807) is 19.9 Å². The number of aromatic nitrogens is 1. The summed E-state index contributed by atoms with van der Waals surface area (Å²) in [4.78, 5) is 29.8. The van der Waals surface area contributed by atoms with Crippen LogP contribution >= 0.6 is 11.8 Å². The Labute approximate surface area is 176 Å². The molecule has 0 aliphatic heterocycles. The van der Waals surface area contributed by atoms with Gasteiger partial charge in [0.1, 0.15) is 11.1 Å². The zero-order chi connectivity index (χ0) is 22.5. The number of carbonyl (C=O) groups is 2. The van der Waals surface area contributed by atoms with Crippen molar-refractivity contribution in [2.75, 3.05) is 24.7 Å². The van der Waals surface area contributed by atoms with Crippen molar-refractivity contribution in [1.82, 2.24) is 9.88 Å². The fraction of sp³-hybridized carbons (Fsp3) is 0.300. The van der Waals surface area contributed by atoms with Gasteiger partial charge in [0.15, 0.2) is 0 Å². The normalized spacial score (nSPS) is 11.0. The van der Waals surface area contributed by atoms with Crippen molar-refractivity contribution in [2.24, 2.45) is 0 Å². The number of para-hydroxylation sites is 1. The highest BCUT2D eigenvalue weighted by Crippen LogP contribution is 2.34. The first-order valence-corrected chi connectivity index (χ1v) is 9.72. The number of aryl methyl sites for hydroxylation is 2. The molecular formula is C20H19F3N4O2S. The van der Waals surface area contributed by atoms with Crippen molar-refractivity contribution in [3.05, 3.63) is 52.7 Å². The molecule has 0 spiro atoms. The topological polar surface area (TPSA) is 86.1 Å². The van der Waals surface area contributed by atoms with E-state index in [2.05, 4.69) is 16.4 Å². The van der Waals surface area contributed by atoms with Crippen LogP contribution in [-0.2, 0) is 15.8 Å². The Bertz CT molecular complexity index is 1000. The Hall–Kier alpha value is -3.06. The lowest BCUT2D eigenvalue weighted by Crippen LogP contribution is -2.36. The second-order valence-corrected chi connectivity index (χ2v) is 7.47.